The molecule has 0 aromatic heterocycles. The highest BCUT2D eigenvalue weighted by Gasteiger charge is 2.12. The molecule has 0 saturated heterocycles. The van der Waals surface area contributed by atoms with Gasteiger partial charge in [0, 0.05) is 19.5 Å². The lowest BCUT2D eigenvalue weighted by Crippen LogP contribution is -2.32. The summed E-state index contributed by atoms with van der Waals surface area (Å²) in [5.41, 5.74) is 0. The van der Waals surface area contributed by atoms with Crippen LogP contribution in [0.3, 0.4) is 0 Å². The Morgan fingerprint density at radius 2 is 1.88 bits per heavy atom. The number of carbonyl (C=O) groups excluding carboxylic acids is 1. The molecule has 0 unspecified atom stereocenters. The van der Waals surface area contributed by atoms with Crippen molar-refractivity contribution in [2.24, 2.45) is 0 Å². The second-order valence-electron chi connectivity index (χ2n) is 3.06. The summed E-state index contributed by atoms with van der Waals surface area (Å²) >= 11 is 0. The van der Waals surface area contributed by atoms with Crippen LogP contribution < -0.4 is 10.0 Å². The molecular weight excluding hydrogens is 236 g/mol. The van der Waals surface area contributed by atoms with Crippen LogP contribution in [0.2, 0.25) is 0 Å². The number of hydrogen-bond donors (Lipinski definition) is 3. The quantitative estimate of drug-likeness (QED) is 0.508. The molecule has 0 saturated carbocycles. The molecule has 8 heteroatoms. The van der Waals surface area contributed by atoms with Gasteiger partial charge in [0.05, 0.1) is 12.2 Å². The van der Waals surface area contributed by atoms with E-state index in [4.69, 9.17) is 5.11 Å². The van der Waals surface area contributed by atoms with E-state index in [1.54, 1.807) is 6.92 Å². The van der Waals surface area contributed by atoms with Gasteiger partial charge < -0.3 is 10.4 Å². The normalized spacial score (nSPS) is 11.1. The molecule has 0 radical (unpaired) electrons. The fourth-order valence-corrected chi connectivity index (χ4v) is 1.90. The van der Waals surface area contributed by atoms with Gasteiger partial charge in [-0.1, -0.05) is 0 Å². The molecule has 0 spiro atoms. The molecular formula is C8H16N2O5S. The molecule has 16 heavy (non-hydrogen) atoms. The third-order valence-corrected chi connectivity index (χ3v) is 3.02. The molecule has 3 N–H and O–H groups in total. The van der Waals surface area contributed by atoms with Gasteiger partial charge >= 0.3 is 5.97 Å². The molecule has 0 bridgehead atoms. The highest BCUT2D eigenvalue weighted by Crippen LogP contribution is 1.90. The van der Waals surface area contributed by atoms with Crippen molar-refractivity contribution >= 4 is 21.9 Å². The summed E-state index contributed by atoms with van der Waals surface area (Å²) in [7, 11) is -3.60. The molecule has 7 nitrogen and oxygen atoms in total. The predicted molar refractivity (Wildman–Crippen MR) is 57.3 cm³/mol. The highest BCUT2D eigenvalue weighted by molar-refractivity contribution is 7.89. The van der Waals surface area contributed by atoms with E-state index in [0.29, 0.717) is 6.54 Å². The number of carbonyl (C=O) groups is 2. The molecule has 0 atom stereocenters. The van der Waals surface area contributed by atoms with Gasteiger partial charge in [-0.15, -0.1) is 0 Å². The van der Waals surface area contributed by atoms with Crippen molar-refractivity contribution in [1.29, 1.82) is 0 Å². The SMILES string of the molecule is CCNC(=O)CCNS(=O)(=O)CCC(=O)O. The summed E-state index contributed by atoms with van der Waals surface area (Å²) in [6.45, 7) is 2.23. The lowest BCUT2D eigenvalue weighted by molar-refractivity contribution is -0.136. The Hall–Kier alpha value is -1.15. The average molecular weight is 252 g/mol. The molecule has 0 heterocycles. The van der Waals surface area contributed by atoms with Crippen LogP contribution in [-0.4, -0.2) is 44.2 Å². The molecule has 0 aliphatic rings. The summed E-state index contributed by atoms with van der Waals surface area (Å²) in [6, 6.07) is 0. The number of aliphatic carboxylic acids is 1. The van der Waals surface area contributed by atoms with E-state index in [-0.39, 0.29) is 18.9 Å². The van der Waals surface area contributed by atoms with Crippen molar-refractivity contribution in [3.63, 3.8) is 0 Å². The van der Waals surface area contributed by atoms with Gasteiger partial charge in [-0.3, -0.25) is 9.59 Å². The van der Waals surface area contributed by atoms with E-state index < -0.39 is 28.2 Å². The van der Waals surface area contributed by atoms with Crippen molar-refractivity contribution in [2.45, 2.75) is 19.8 Å². The minimum Gasteiger partial charge on any atom is -0.481 e. The largest absolute Gasteiger partial charge is 0.481 e. The van der Waals surface area contributed by atoms with Crippen molar-refractivity contribution in [3.05, 3.63) is 0 Å². The zero-order valence-corrected chi connectivity index (χ0v) is 9.84. The summed E-state index contributed by atoms with van der Waals surface area (Å²) in [5, 5.41) is 10.8. The zero-order valence-electron chi connectivity index (χ0n) is 9.02. The van der Waals surface area contributed by atoms with Crippen LogP contribution in [0, 0.1) is 0 Å². The fourth-order valence-electron chi connectivity index (χ4n) is 0.899. The van der Waals surface area contributed by atoms with Crippen LogP contribution in [0.4, 0.5) is 0 Å². The summed E-state index contributed by atoms with van der Waals surface area (Å²) in [4.78, 5) is 21.1. The first kappa shape index (κ1) is 14.8. The summed E-state index contributed by atoms with van der Waals surface area (Å²) in [6.07, 6.45) is -0.406. The summed E-state index contributed by atoms with van der Waals surface area (Å²) < 4.78 is 24.5. The maximum atomic E-state index is 11.2. The number of carboxylic acids is 1. The van der Waals surface area contributed by atoms with Gasteiger partial charge in [-0.25, -0.2) is 13.1 Å². The van der Waals surface area contributed by atoms with E-state index >= 15 is 0 Å². The van der Waals surface area contributed by atoms with Gasteiger partial charge in [0.1, 0.15) is 0 Å². The maximum Gasteiger partial charge on any atom is 0.304 e. The van der Waals surface area contributed by atoms with E-state index in [2.05, 4.69) is 10.0 Å². The average Bonchev–Trinajstić information content (AvgIpc) is 2.15. The van der Waals surface area contributed by atoms with Crippen LogP contribution in [-0.2, 0) is 19.6 Å². The number of carboxylic acid groups (broad SMARTS) is 1. The minimum absolute atomic E-state index is 0.0201. The van der Waals surface area contributed by atoms with E-state index in [1.165, 1.54) is 0 Å². The Morgan fingerprint density at radius 1 is 1.25 bits per heavy atom. The van der Waals surface area contributed by atoms with Gasteiger partial charge in [0.15, 0.2) is 0 Å². The van der Waals surface area contributed by atoms with Crippen LogP contribution >= 0.6 is 0 Å². The zero-order chi connectivity index (χ0) is 12.6. The number of nitrogens with one attached hydrogen (secondary N) is 2. The van der Waals surface area contributed by atoms with Crippen molar-refractivity contribution in [2.75, 3.05) is 18.8 Å². The van der Waals surface area contributed by atoms with Gasteiger partial charge in [0.25, 0.3) is 0 Å². The fraction of sp³-hybridized carbons (Fsp3) is 0.750. The molecule has 0 aromatic carbocycles. The smallest absolute Gasteiger partial charge is 0.304 e. The molecule has 1 amide bonds. The van der Waals surface area contributed by atoms with Crippen molar-refractivity contribution in [3.8, 4) is 0 Å². The molecule has 94 valence electrons. The van der Waals surface area contributed by atoms with E-state index in [0.717, 1.165) is 0 Å². The highest BCUT2D eigenvalue weighted by atomic mass is 32.2. The Morgan fingerprint density at radius 3 is 2.38 bits per heavy atom. The Bertz CT molecular complexity index is 338. The minimum atomic E-state index is -3.60. The third-order valence-electron chi connectivity index (χ3n) is 1.63. The first-order valence-corrected chi connectivity index (χ1v) is 6.48. The monoisotopic (exact) mass is 252 g/mol. The second-order valence-corrected chi connectivity index (χ2v) is 4.99. The molecule has 0 aromatic rings. The number of hydrogen-bond acceptors (Lipinski definition) is 4. The molecule has 0 aliphatic carbocycles. The maximum absolute atomic E-state index is 11.2. The second kappa shape index (κ2) is 7.18. The van der Waals surface area contributed by atoms with Crippen molar-refractivity contribution in [1.82, 2.24) is 10.0 Å². The third kappa shape index (κ3) is 8.18. The summed E-state index contributed by atoms with van der Waals surface area (Å²) in [5.74, 6) is -1.89. The van der Waals surface area contributed by atoms with Crippen LogP contribution in [0.15, 0.2) is 0 Å². The number of sulfonamides is 1. The van der Waals surface area contributed by atoms with Crippen molar-refractivity contribution < 1.29 is 23.1 Å². The Balaban J connectivity index is 3.82. The molecule has 0 fully saturated rings. The van der Waals surface area contributed by atoms with Gasteiger partial charge in [-0.05, 0) is 6.92 Å². The van der Waals surface area contributed by atoms with E-state index in [1.807, 2.05) is 0 Å². The van der Waals surface area contributed by atoms with Gasteiger partial charge in [0.2, 0.25) is 15.9 Å². The Kier molecular flexibility index (Phi) is 6.66. The van der Waals surface area contributed by atoms with E-state index in [9.17, 15) is 18.0 Å². The van der Waals surface area contributed by atoms with Crippen LogP contribution in [0.5, 0.6) is 0 Å². The standard InChI is InChI=1S/C8H16N2O5S/c1-2-9-7(11)3-5-10-16(14,15)6-4-8(12)13/h10H,2-6H2,1H3,(H,9,11)(H,12,13). The van der Waals surface area contributed by atoms with Crippen LogP contribution in [0.1, 0.15) is 19.8 Å². The first-order valence-electron chi connectivity index (χ1n) is 4.83. The van der Waals surface area contributed by atoms with Gasteiger partial charge in [-0.2, -0.15) is 0 Å². The predicted octanol–water partition coefficient (Wildman–Crippen LogP) is -1.09. The Labute approximate surface area is 94.3 Å². The number of rotatable bonds is 8. The number of amides is 1. The lowest BCUT2D eigenvalue weighted by Gasteiger charge is -2.05. The molecule has 0 rings (SSSR count). The first-order chi connectivity index (χ1) is 7.37. The lowest BCUT2D eigenvalue weighted by atomic mass is 10.4. The van der Waals surface area contributed by atoms with Crippen LogP contribution in [0.25, 0.3) is 0 Å². The topological polar surface area (TPSA) is 113 Å². The molecule has 0 aliphatic heterocycles.